The molecule has 1 atom stereocenters. The van der Waals surface area contributed by atoms with Crippen molar-refractivity contribution in [1.82, 2.24) is 4.90 Å². The van der Waals surface area contributed by atoms with Crippen LogP contribution < -0.4 is 5.32 Å². The predicted molar refractivity (Wildman–Crippen MR) is 204 cm³/mol. The van der Waals surface area contributed by atoms with Crippen LogP contribution in [-0.4, -0.2) is 57.7 Å². The number of carbonyl (C=O) groups excluding carboxylic acids is 3. The Morgan fingerprint density at radius 1 is 0.854 bits per heavy atom. The van der Waals surface area contributed by atoms with E-state index in [1.165, 1.54) is 31.2 Å². The van der Waals surface area contributed by atoms with Gasteiger partial charge in [0.2, 0.25) is 0 Å². The van der Waals surface area contributed by atoms with E-state index in [2.05, 4.69) is 44.9 Å². The quantitative estimate of drug-likeness (QED) is 0.155. The number of hydrogen-bond acceptors (Lipinski definition) is 5. The summed E-state index contributed by atoms with van der Waals surface area (Å²) in [5.41, 5.74) is 6.46. The second-order valence-electron chi connectivity index (χ2n) is 11.5. The van der Waals surface area contributed by atoms with Crippen molar-refractivity contribution in [2.45, 2.75) is 92.4 Å². The minimum absolute atomic E-state index is 0.0246. The van der Waals surface area contributed by atoms with Gasteiger partial charge < -0.3 is 15.0 Å². The topological polar surface area (TPSA) is 75.7 Å². The molecule has 0 spiro atoms. The Labute approximate surface area is 291 Å². The minimum Gasteiger partial charge on any atom is -0.388 e. The first-order valence-electron chi connectivity index (χ1n) is 17.2. The van der Waals surface area contributed by atoms with Crippen LogP contribution in [0.15, 0.2) is 66.7 Å². The standard InChI is InChI=1S/C23H26N2O2.C11H14O.C4H10O.C4H10/c1-6-7-8-20(16(2)26)21-15-19(13-14-22(21)24-3)17-9-11-18(12-10-17)23(27)25(4)5;1-2-3-4-10-5-7-11(9-12)8-6-10;1-3-4-5-2;1-3-4-2/h9-15,20,24H,6H2,1-5H3;5-9H,2-4H2,1H3;3-4H2,1-2H3;3-4H2,1-2H3. The molecular weight excluding hydrogens is 596 g/mol. The fourth-order valence-corrected chi connectivity index (χ4v) is 4.22. The Bertz CT molecular complexity index is 1380. The summed E-state index contributed by atoms with van der Waals surface area (Å²) in [7, 11) is 7.02. The van der Waals surface area contributed by atoms with Crippen molar-refractivity contribution in [2.24, 2.45) is 0 Å². The summed E-state index contributed by atoms with van der Waals surface area (Å²) in [5.74, 6) is 5.65. The van der Waals surface area contributed by atoms with Crippen LogP contribution in [0, 0.1) is 11.8 Å². The van der Waals surface area contributed by atoms with Crippen molar-refractivity contribution in [3.63, 3.8) is 0 Å². The lowest BCUT2D eigenvalue weighted by Crippen LogP contribution is -2.21. The number of methoxy groups -OCH3 is 1. The normalized spacial score (nSPS) is 10.2. The molecule has 0 radical (unpaired) electrons. The van der Waals surface area contributed by atoms with Crippen LogP contribution in [0.2, 0.25) is 0 Å². The van der Waals surface area contributed by atoms with Crippen LogP contribution >= 0.6 is 0 Å². The Morgan fingerprint density at radius 2 is 1.46 bits per heavy atom. The monoisotopic (exact) mass is 656 g/mol. The number of nitrogens with zero attached hydrogens (tertiary/aromatic N) is 1. The van der Waals surface area contributed by atoms with E-state index in [0.717, 1.165) is 53.7 Å². The molecular formula is C42H60N2O4. The van der Waals surface area contributed by atoms with Gasteiger partial charge in [-0.15, -0.1) is 5.92 Å². The van der Waals surface area contributed by atoms with Crippen molar-refractivity contribution in [3.8, 4) is 23.0 Å². The van der Waals surface area contributed by atoms with Gasteiger partial charge in [-0.3, -0.25) is 14.4 Å². The number of benzene rings is 3. The van der Waals surface area contributed by atoms with Crippen LogP contribution in [-0.2, 0) is 16.0 Å². The Balaban J connectivity index is 0.000000859. The van der Waals surface area contributed by atoms with Crippen LogP contribution in [0.1, 0.15) is 118 Å². The van der Waals surface area contributed by atoms with Gasteiger partial charge in [0.25, 0.3) is 5.91 Å². The molecule has 0 bridgehead atoms. The van der Waals surface area contributed by atoms with Gasteiger partial charge in [0.05, 0.1) is 0 Å². The van der Waals surface area contributed by atoms with Crippen LogP contribution in [0.4, 0.5) is 5.69 Å². The summed E-state index contributed by atoms with van der Waals surface area (Å²) < 4.78 is 4.69. The SMILES string of the molecule is CCC#CC(C(C)=O)c1cc(-c2ccc(C(=O)N(C)C)cc2)ccc1NC.CCCC.CCCCc1ccc(C=O)cc1.CCCOC. The van der Waals surface area contributed by atoms with Gasteiger partial charge in [-0.2, -0.15) is 0 Å². The Kier molecular flexibility index (Phi) is 24.5. The molecule has 0 aliphatic carbocycles. The highest BCUT2D eigenvalue weighted by molar-refractivity contribution is 5.94. The number of Topliss-reactive ketones (excluding diaryl/α,β-unsaturated/α-hetero) is 1. The third-order valence-corrected chi connectivity index (χ3v) is 7.18. The summed E-state index contributed by atoms with van der Waals surface area (Å²) in [6, 6.07) is 21.3. The average molecular weight is 657 g/mol. The van der Waals surface area contributed by atoms with E-state index in [9.17, 15) is 14.4 Å². The van der Waals surface area contributed by atoms with Crippen LogP contribution in [0.5, 0.6) is 0 Å². The van der Waals surface area contributed by atoms with Gasteiger partial charge in [0.15, 0.2) is 0 Å². The molecule has 1 amide bonds. The summed E-state index contributed by atoms with van der Waals surface area (Å²) in [4.78, 5) is 36.1. The Morgan fingerprint density at radius 3 is 1.88 bits per heavy atom. The summed E-state index contributed by atoms with van der Waals surface area (Å²) in [6.07, 6.45) is 8.91. The number of aryl methyl sites for hydroxylation is 1. The molecule has 0 aliphatic rings. The van der Waals surface area contributed by atoms with Crippen LogP contribution in [0.25, 0.3) is 11.1 Å². The molecule has 0 aliphatic heterocycles. The number of anilines is 1. The molecule has 262 valence electrons. The number of ether oxygens (including phenoxy) is 1. The third kappa shape index (κ3) is 17.1. The number of amides is 1. The molecule has 3 aromatic rings. The molecule has 0 aromatic heterocycles. The lowest BCUT2D eigenvalue weighted by molar-refractivity contribution is -0.117. The largest absolute Gasteiger partial charge is 0.388 e. The first kappa shape index (κ1) is 43.8. The Hall–Kier alpha value is -4.21. The highest BCUT2D eigenvalue weighted by atomic mass is 16.5. The molecule has 0 saturated carbocycles. The number of unbranched alkanes of at least 4 members (excludes halogenated alkanes) is 2. The lowest BCUT2D eigenvalue weighted by atomic mass is 9.91. The van der Waals surface area contributed by atoms with Crippen LogP contribution in [0.3, 0.4) is 0 Å². The molecule has 0 heterocycles. The van der Waals surface area contributed by atoms with E-state index >= 15 is 0 Å². The zero-order valence-electron chi connectivity index (χ0n) is 31.2. The summed E-state index contributed by atoms with van der Waals surface area (Å²) in [6.45, 7) is 13.1. The molecule has 3 rings (SSSR count). The van der Waals surface area contributed by atoms with Crippen molar-refractivity contribution in [1.29, 1.82) is 0 Å². The first-order chi connectivity index (χ1) is 23.1. The zero-order chi connectivity index (χ0) is 36.3. The van der Waals surface area contributed by atoms with Crippen molar-refractivity contribution < 1.29 is 19.1 Å². The maximum atomic E-state index is 12.2. The predicted octanol–water partition coefficient (Wildman–Crippen LogP) is 9.87. The minimum atomic E-state index is -0.457. The molecule has 0 saturated heterocycles. The first-order valence-corrected chi connectivity index (χ1v) is 17.2. The van der Waals surface area contributed by atoms with Crippen molar-refractivity contribution in [3.05, 3.63) is 89.0 Å². The second kappa shape index (κ2) is 26.8. The fourth-order valence-electron chi connectivity index (χ4n) is 4.22. The summed E-state index contributed by atoms with van der Waals surface area (Å²) in [5, 5.41) is 3.15. The molecule has 1 N–H and O–H groups in total. The van der Waals surface area contributed by atoms with Gasteiger partial charge in [-0.1, -0.05) is 102 Å². The third-order valence-electron chi connectivity index (χ3n) is 7.18. The number of aldehydes is 1. The zero-order valence-corrected chi connectivity index (χ0v) is 31.2. The van der Waals surface area contributed by atoms with Gasteiger partial charge in [-0.05, 0) is 72.7 Å². The molecule has 1 unspecified atom stereocenters. The van der Waals surface area contributed by atoms with Crippen molar-refractivity contribution in [2.75, 3.05) is 40.2 Å². The number of hydrogen-bond donors (Lipinski definition) is 1. The van der Waals surface area contributed by atoms with E-state index in [1.54, 1.807) is 33.0 Å². The lowest BCUT2D eigenvalue weighted by Gasteiger charge is -2.16. The van der Waals surface area contributed by atoms with Crippen molar-refractivity contribution >= 4 is 23.7 Å². The second-order valence-corrected chi connectivity index (χ2v) is 11.5. The van der Waals surface area contributed by atoms with E-state index in [1.807, 2.05) is 80.7 Å². The van der Waals surface area contributed by atoms with E-state index < -0.39 is 5.92 Å². The maximum Gasteiger partial charge on any atom is 0.253 e. The highest BCUT2D eigenvalue weighted by Crippen LogP contribution is 2.31. The summed E-state index contributed by atoms with van der Waals surface area (Å²) >= 11 is 0. The van der Waals surface area contributed by atoms with E-state index in [0.29, 0.717) is 12.0 Å². The van der Waals surface area contributed by atoms with Gasteiger partial charge in [0, 0.05) is 58.1 Å². The van der Waals surface area contributed by atoms with E-state index in [4.69, 9.17) is 4.74 Å². The van der Waals surface area contributed by atoms with E-state index in [-0.39, 0.29) is 11.7 Å². The average Bonchev–Trinajstić information content (AvgIpc) is 3.11. The molecule has 0 fully saturated rings. The smallest absolute Gasteiger partial charge is 0.253 e. The van der Waals surface area contributed by atoms with Gasteiger partial charge >= 0.3 is 0 Å². The molecule has 6 nitrogen and oxygen atoms in total. The fraction of sp³-hybridized carbons (Fsp3) is 0.452. The molecule has 48 heavy (non-hydrogen) atoms. The molecule has 6 heteroatoms. The highest BCUT2D eigenvalue weighted by Gasteiger charge is 2.18. The molecule has 3 aromatic carbocycles. The van der Waals surface area contributed by atoms with Gasteiger partial charge in [0.1, 0.15) is 18.0 Å². The number of carbonyl (C=O) groups is 3. The number of ketones is 1. The van der Waals surface area contributed by atoms with Gasteiger partial charge in [-0.25, -0.2) is 0 Å². The maximum absolute atomic E-state index is 12.2. The number of nitrogens with one attached hydrogen (secondary N) is 1. The number of rotatable bonds is 12.